The number of hydrogen-bond acceptors (Lipinski definition) is 4. The lowest BCUT2D eigenvalue weighted by molar-refractivity contribution is 0.249. The van der Waals surface area contributed by atoms with Gasteiger partial charge in [0.05, 0.1) is 20.3 Å². The molecule has 2 rings (SSSR count). The summed E-state index contributed by atoms with van der Waals surface area (Å²) in [5, 5.41) is 5.63. The summed E-state index contributed by atoms with van der Waals surface area (Å²) in [5.41, 5.74) is 1.61. The first-order valence-electron chi connectivity index (χ1n) is 6.83. The van der Waals surface area contributed by atoms with Crippen LogP contribution in [0, 0.1) is 0 Å². The number of rotatable bonds is 5. The molecule has 0 aliphatic carbocycles. The minimum Gasteiger partial charge on any atom is -0.493 e. The molecule has 6 nitrogen and oxygen atoms in total. The van der Waals surface area contributed by atoms with Crippen molar-refractivity contribution < 1.29 is 14.3 Å². The number of anilines is 1. The maximum Gasteiger partial charge on any atom is 0.319 e. The third-order valence-corrected chi connectivity index (χ3v) is 3.20. The number of hydrogen-bond donors (Lipinski definition) is 2. The minimum absolute atomic E-state index is 0.122. The molecule has 2 aromatic rings. The first-order chi connectivity index (χ1) is 10.6. The van der Waals surface area contributed by atoms with E-state index in [1.807, 2.05) is 19.1 Å². The van der Waals surface area contributed by atoms with Crippen molar-refractivity contribution in [2.75, 3.05) is 19.5 Å². The number of ether oxygens (including phenoxy) is 2. The lowest BCUT2D eigenvalue weighted by atomic mass is 10.1. The molecule has 6 heteroatoms. The Bertz CT molecular complexity index is 632. The van der Waals surface area contributed by atoms with Crippen molar-refractivity contribution >= 4 is 11.7 Å². The van der Waals surface area contributed by atoms with Gasteiger partial charge in [-0.2, -0.15) is 0 Å². The fraction of sp³-hybridized carbons (Fsp3) is 0.250. The van der Waals surface area contributed by atoms with Crippen LogP contribution < -0.4 is 20.1 Å². The predicted octanol–water partition coefficient (Wildman–Crippen LogP) is 2.98. The molecule has 0 aliphatic heterocycles. The van der Waals surface area contributed by atoms with Gasteiger partial charge in [0.2, 0.25) is 0 Å². The van der Waals surface area contributed by atoms with Crippen molar-refractivity contribution in [3.05, 3.63) is 48.3 Å². The van der Waals surface area contributed by atoms with Crippen LogP contribution in [-0.2, 0) is 0 Å². The number of pyridine rings is 1. The Morgan fingerprint density at radius 3 is 2.41 bits per heavy atom. The van der Waals surface area contributed by atoms with Crippen LogP contribution in [0.15, 0.2) is 42.7 Å². The number of nitrogens with one attached hydrogen (secondary N) is 2. The Labute approximate surface area is 129 Å². The molecule has 2 amide bonds. The highest BCUT2D eigenvalue weighted by Gasteiger charge is 2.11. The molecule has 22 heavy (non-hydrogen) atoms. The summed E-state index contributed by atoms with van der Waals surface area (Å²) >= 11 is 0. The summed E-state index contributed by atoms with van der Waals surface area (Å²) < 4.78 is 10.4. The highest BCUT2D eigenvalue weighted by Crippen LogP contribution is 2.29. The SMILES string of the molecule is COc1ccc(NC(=O)N[C@H](C)c2ccncc2)cc1OC. The smallest absolute Gasteiger partial charge is 0.319 e. The van der Waals surface area contributed by atoms with E-state index in [4.69, 9.17) is 9.47 Å². The number of aromatic nitrogens is 1. The second-order valence-corrected chi connectivity index (χ2v) is 4.67. The highest BCUT2D eigenvalue weighted by atomic mass is 16.5. The molecule has 1 atom stereocenters. The van der Waals surface area contributed by atoms with E-state index in [1.54, 1.807) is 44.8 Å². The van der Waals surface area contributed by atoms with Gasteiger partial charge in [0.15, 0.2) is 11.5 Å². The number of urea groups is 1. The largest absolute Gasteiger partial charge is 0.493 e. The number of methoxy groups -OCH3 is 2. The zero-order valence-corrected chi connectivity index (χ0v) is 12.8. The molecule has 0 spiro atoms. The standard InChI is InChI=1S/C16H19N3O3/c1-11(12-6-8-17-9-7-12)18-16(20)19-13-4-5-14(21-2)15(10-13)22-3/h4-11H,1-3H3,(H2,18,19,20)/t11-/m1/s1. The van der Waals surface area contributed by atoms with E-state index < -0.39 is 0 Å². The number of carbonyl (C=O) groups is 1. The molecule has 1 heterocycles. The van der Waals surface area contributed by atoms with Gasteiger partial charge < -0.3 is 20.1 Å². The first kappa shape index (κ1) is 15.6. The van der Waals surface area contributed by atoms with Crippen molar-refractivity contribution in [2.24, 2.45) is 0 Å². The first-order valence-corrected chi connectivity index (χ1v) is 6.83. The molecule has 0 aliphatic rings. The van der Waals surface area contributed by atoms with Gasteiger partial charge in [-0.05, 0) is 36.8 Å². The van der Waals surface area contributed by atoms with Crippen LogP contribution in [0.2, 0.25) is 0 Å². The number of nitrogens with zero attached hydrogens (tertiary/aromatic N) is 1. The van der Waals surface area contributed by atoms with Crippen molar-refractivity contribution in [2.45, 2.75) is 13.0 Å². The van der Waals surface area contributed by atoms with Crippen LogP contribution in [0.4, 0.5) is 10.5 Å². The Hall–Kier alpha value is -2.76. The van der Waals surface area contributed by atoms with Crippen LogP contribution in [0.25, 0.3) is 0 Å². The van der Waals surface area contributed by atoms with Crippen molar-refractivity contribution in [1.82, 2.24) is 10.3 Å². The zero-order chi connectivity index (χ0) is 15.9. The van der Waals surface area contributed by atoms with Crippen molar-refractivity contribution in [3.63, 3.8) is 0 Å². The highest BCUT2D eigenvalue weighted by molar-refractivity contribution is 5.89. The second-order valence-electron chi connectivity index (χ2n) is 4.67. The number of carbonyl (C=O) groups excluding carboxylic acids is 1. The maximum absolute atomic E-state index is 12.0. The van der Waals surface area contributed by atoms with Crippen molar-refractivity contribution in [1.29, 1.82) is 0 Å². The average molecular weight is 301 g/mol. The molecule has 0 radical (unpaired) electrons. The molecule has 2 N–H and O–H groups in total. The predicted molar refractivity (Wildman–Crippen MR) is 84.4 cm³/mol. The molecule has 1 aromatic heterocycles. The van der Waals surface area contributed by atoms with Crippen LogP contribution in [-0.4, -0.2) is 25.2 Å². The van der Waals surface area contributed by atoms with E-state index in [1.165, 1.54) is 0 Å². The number of amides is 2. The summed E-state index contributed by atoms with van der Waals surface area (Å²) in [7, 11) is 3.11. The average Bonchev–Trinajstić information content (AvgIpc) is 2.55. The molecule has 0 unspecified atom stereocenters. The van der Waals surface area contributed by atoms with E-state index in [9.17, 15) is 4.79 Å². The summed E-state index contributed by atoms with van der Waals surface area (Å²) in [6, 6.07) is 8.50. The topological polar surface area (TPSA) is 72.5 Å². The van der Waals surface area contributed by atoms with E-state index in [-0.39, 0.29) is 12.1 Å². The maximum atomic E-state index is 12.0. The molecule has 0 saturated heterocycles. The normalized spacial score (nSPS) is 11.4. The molecule has 0 fully saturated rings. The third kappa shape index (κ3) is 3.88. The van der Waals surface area contributed by atoms with Gasteiger partial charge in [-0.1, -0.05) is 0 Å². The quantitative estimate of drug-likeness (QED) is 0.890. The van der Waals surface area contributed by atoms with Gasteiger partial charge in [0.25, 0.3) is 0 Å². The van der Waals surface area contributed by atoms with Crippen LogP contribution in [0.1, 0.15) is 18.5 Å². The van der Waals surface area contributed by atoms with Gasteiger partial charge >= 0.3 is 6.03 Å². The van der Waals surface area contributed by atoms with Crippen LogP contribution >= 0.6 is 0 Å². The Morgan fingerprint density at radius 2 is 1.77 bits per heavy atom. The summed E-state index contributed by atoms with van der Waals surface area (Å²) in [6.07, 6.45) is 3.39. The monoisotopic (exact) mass is 301 g/mol. The van der Waals surface area contributed by atoms with E-state index in [2.05, 4.69) is 15.6 Å². The second kappa shape index (κ2) is 7.31. The molecule has 1 aromatic carbocycles. The molecule has 116 valence electrons. The molecule has 0 saturated carbocycles. The van der Waals surface area contributed by atoms with Gasteiger partial charge in [0.1, 0.15) is 0 Å². The Kier molecular flexibility index (Phi) is 5.19. The molecular formula is C16H19N3O3. The van der Waals surface area contributed by atoms with Crippen LogP contribution in [0.3, 0.4) is 0 Å². The summed E-state index contributed by atoms with van der Waals surface area (Å²) in [4.78, 5) is 16.0. The Balaban J connectivity index is 2.00. The van der Waals surface area contributed by atoms with E-state index in [0.717, 1.165) is 5.56 Å². The number of benzene rings is 1. The lowest BCUT2D eigenvalue weighted by Gasteiger charge is -2.15. The van der Waals surface area contributed by atoms with Gasteiger partial charge in [-0.3, -0.25) is 4.98 Å². The molecular weight excluding hydrogens is 282 g/mol. The fourth-order valence-electron chi connectivity index (χ4n) is 2.01. The van der Waals surface area contributed by atoms with Gasteiger partial charge in [0, 0.05) is 24.1 Å². The minimum atomic E-state index is -0.295. The zero-order valence-electron chi connectivity index (χ0n) is 12.8. The van der Waals surface area contributed by atoms with Gasteiger partial charge in [-0.15, -0.1) is 0 Å². The Morgan fingerprint density at radius 1 is 1.09 bits per heavy atom. The van der Waals surface area contributed by atoms with Crippen molar-refractivity contribution in [3.8, 4) is 11.5 Å². The fourth-order valence-corrected chi connectivity index (χ4v) is 2.01. The van der Waals surface area contributed by atoms with Gasteiger partial charge in [-0.25, -0.2) is 4.79 Å². The lowest BCUT2D eigenvalue weighted by Crippen LogP contribution is -2.31. The summed E-state index contributed by atoms with van der Waals surface area (Å²) in [6.45, 7) is 1.91. The van der Waals surface area contributed by atoms with E-state index >= 15 is 0 Å². The van der Waals surface area contributed by atoms with E-state index in [0.29, 0.717) is 17.2 Å². The third-order valence-electron chi connectivity index (χ3n) is 3.20. The van der Waals surface area contributed by atoms with Crippen LogP contribution in [0.5, 0.6) is 11.5 Å². The molecule has 0 bridgehead atoms. The summed E-state index contributed by atoms with van der Waals surface area (Å²) in [5.74, 6) is 1.17.